The van der Waals surface area contributed by atoms with Crippen LogP contribution in [0.5, 0.6) is 0 Å². The number of nitrogens with zero attached hydrogens (tertiary/aromatic N) is 6. The van der Waals surface area contributed by atoms with Crippen LogP contribution in [0.25, 0.3) is 11.5 Å². The van der Waals surface area contributed by atoms with Crippen LogP contribution in [0.1, 0.15) is 24.9 Å². The van der Waals surface area contributed by atoms with Crippen LogP contribution in [0.2, 0.25) is 5.02 Å². The largest absolute Gasteiger partial charge is 0.435 e. The Morgan fingerprint density at radius 1 is 1.23 bits per heavy atom. The standard InChI is InChI=1S/C17H19ClF3N7O2/c1-9-2-5-28(9)16-24-13(12(18)14(25-16)17(19,20)21)15-23-10(30-26-15)8-11(29)27-6-3-22-4-7-27/h9,22H,2-8H2,1H3/t9-/m0/s1. The molecule has 0 aromatic carbocycles. The fourth-order valence-electron chi connectivity index (χ4n) is 3.29. The van der Waals surface area contributed by atoms with Gasteiger partial charge < -0.3 is 19.6 Å². The number of piperazine rings is 1. The quantitative estimate of drug-likeness (QED) is 0.760. The van der Waals surface area contributed by atoms with Gasteiger partial charge in [-0.2, -0.15) is 18.2 Å². The lowest BCUT2D eigenvalue weighted by Gasteiger charge is -2.39. The third-order valence-electron chi connectivity index (χ3n) is 5.14. The summed E-state index contributed by atoms with van der Waals surface area (Å²) in [6.07, 6.45) is -4.11. The zero-order chi connectivity index (χ0) is 21.5. The summed E-state index contributed by atoms with van der Waals surface area (Å²) in [5.74, 6) is -0.531. The van der Waals surface area contributed by atoms with Gasteiger partial charge >= 0.3 is 6.18 Å². The van der Waals surface area contributed by atoms with Crippen molar-refractivity contribution in [2.75, 3.05) is 37.6 Å². The highest BCUT2D eigenvalue weighted by atomic mass is 35.5. The van der Waals surface area contributed by atoms with Crippen molar-refractivity contribution in [2.45, 2.75) is 32.0 Å². The molecule has 0 radical (unpaired) electrons. The summed E-state index contributed by atoms with van der Waals surface area (Å²) >= 11 is 5.97. The Morgan fingerprint density at radius 2 is 1.97 bits per heavy atom. The van der Waals surface area contributed by atoms with E-state index in [9.17, 15) is 18.0 Å². The second-order valence-corrected chi connectivity index (χ2v) is 7.56. The minimum absolute atomic E-state index is 0.0117. The van der Waals surface area contributed by atoms with E-state index in [1.165, 1.54) is 0 Å². The van der Waals surface area contributed by atoms with Gasteiger partial charge in [-0.25, -0.2) is 9.97 Å². The number of amides is 1. The molecule has 4 heterocycles. The van der Waals surface area contributed by atoms with E-state index in [0.717, 1.165) is 6.42 Å². The number of alkyl halides is 3. The Bertz CT molecular complexity index is 946. The number of carbonyl (C=O) groups is 1. The van der Waals surface area contributed by atoms with Crippen molar-refractivity contribution in [2.24, 2.45) is 0 Å². The number of nitrogens with one attached hydrogen (secondary N) is 1. The van der Waals surface area contributed by atoms with Crippen LogP contribution >= 0.6 is 11.6 Å². The highest BCUT2D eigenvalue weighted by molar-refractivity contribution is 6.33. The lowest BCUT2D eigenvalue weighted by molar-refractivity contribution is -0.141. The van der Waals surface area contributed by atoms with Gasteiger partial charge in [-0.05, 0) is 13.3 Å². The minimum Gasteiger partial charge on any atom is -0.340 e. The molecule has 2 aromatic rings. The molecular weight excluding hydrogens is 427 g/mol. The molecule has 4 rings (SSSR count). The highest BCUT2D eigenvalue weighted by Crippen LogP contribution is 2.39. The Hall–Kier alpha value is -2.47. The second kappa shape index (κ2) is 7.99. The third-order valence-corrected chi connectivity index (χ3v) is 5.49. The molecule has 162 valence electrons. The van der Waals surface area contributed by atoms with Crippen LogP contribution in [0, 0.1) is 0 Å². The predicted molar refractivity (Wildman–Crippen MR) is 99.9 cm³/mol. The van der Waals surface area contributed by atoms with Crippen LogP contribution in [-0.4, -0.2) is 69.7 Å². The zero-order valence-corrected chi connectivity index (χ0v) is 16.8. The molecule has 2 fully saturated rings. The first kappa shape index (κ1) is 20.8. The first-order valence-electron chi connectivity index (χ1n) is 9.47. The molecule has 9 nitrogen and oxygen atoms in total. The first-order chi connectivity index (χ1) is 14.2. The molecule has 0 spiro atoms. The second-order valence-electron chi connectivity index (χ2n) is 7.18. The van der Waals surface area contributed by atoms with Gasteiger partial charge in [0, 0.05) is 38.8 Å². The van der Waals surface area contributed by atoms with Crippen LogP contribution in [0.15, 0.2) is 4.52 Å². The van der Waals surface area contributed by atoms with E-state index < -0.39 is 16.9 Å². The zero-order valence-electron chi connectivity index (χ0n) is 16.0. The van der Waals surface area contributed by atoms with Crippen molar-refractivity contribution >= 4 is 23.5 Å². The normalized spacial score (nSPS) is 19.7. The van der Waals surface area contributed by atoms with Crippen molar-refractivity contribution in [3.05, 3.63) is 16.6 Å². The first-order valence-corrected chi connectivity index (χ1v) is 9.84. The van der Waals surface area contributed by atoms with Crippen LogP contribution in [0.4, 0.5) is 19.1 Å². The smallest absolute Gasteiger partial charge is 0.340 e. The maximum Gasteiger partial charge on any atom is 0.435 e. The van der Waals surface area contributed by atoms with Gasteiger partial charge in [-0.15, -0.1) is 0 Å². The lowest BCUT2D eigenvalue weighted by atomic mass is 10.1. The average Bonchev–Trinajstić information content (AvgIpc) is 3.16. The van der Waals surface area contributed by atoms with Crippen LogP contribution < -0.4 is 10.2 Å². The monoisotopic (exact) mass is 445 g/mol. The number of aromatic nitrogens is 4. The van der Waals surface area contributed by atoms with E-state index in [4.69, 9.17) is 16.1 Å². The number of halogens is 4. The molecule has 2 saturated heterocycles. The van der Waals surface area contributed by atoms with E-state index in [2.05, 4.69) is 25.4 Å². The number of carbonyl (C=O) groups excluding carboxylic acids is 1. The van der Waals surface area contributed by atoms with Gasteiger partial charge in [0.2, 0.25) is 23.6 Å². The molecule has 0 bridgehead atoms. The molecule has 1 N–H and O–H groups in total. The van der Waals surface area contributed by atoms with Crippen molar-refractivity contribution in [3.63, 3.8) is 0 Å². The average molecular weight is 446 g/mol. The molecule has 2 aliphatic rings. The third kappa shape index (κ3) is 4.06. The molecule has 0 aliphatic carbocycles. The molecule has 13 heteroatoms. The number of hydrogen-bond donors (Lipinski definition) is 1. The Labute approximate surface area is 174 Å². The topological polar surface area (TPSA) is 100 Å². The van der Waals surface area contributed by atoms with E-state index in [-0.39, 0.29) is 41.7 Å². The SMILES string of the molecule is C[C@H]1CCN1c1nc(-c2noc(CC(=O)N3CCNCC3)n2)c(Cl)c(C(F)(F)F)n1. The number of rotatable bonds is 4. The van der Waals surface area contributed by atoms with Gasteiger partial charge in [0.05, 0.1) is 0 Å². The van der Waals surface area contributed by atoms with Crippen molar-refractivity contribution in [1.82, 2.24) is 30.3 Å². The van der Waals surface area contributed by atoms with Crippen molar-refractivity contribution in [3.8, 4) is 11.5 Å². The molecule has 0 saturated carbocycles. The van der Waals surface area contributed by atoms with Gasteiger partial charge in [0.1, 0.15) is 17.1 Å². The summed E-state index contributed by atoms with van der Waals surface area (Å²) in [5.41, 5.74) is -1.54. The molecule has 0 unspecified atom stereocenters. The summed E-state index contributed by atoms with van der Waals surface area (Å²) < 4.78 is 45.5. The summed E-state index contributed by atoms with van der Waals surface area (Å²) in [5, 5.41) is 6.13. The van der Waals surface area contributed by atoms with Gasteiger partial charge in [-0.1, -0.05) is 16.8 Å². The molecule has 2 aliphatic heterocycles. The van der Waals surface area contributed by atoms with Gasteiger partial charge in [0.15, 0.2) is 5.69 Å². The van der Waals surface area contributed by atoms with Crippen LogP contribution in [-0.2, 0) is 17.4 Å². The van der Waals surface area contributed by atoms with E-state index in [0.29, 0.717) is 32.7 Å². The predicted octanol–water partition coefficient (Wildman–Crippen LogP) is 1.77. The molecule has 30 heavy (non-hydrogen) atoms. The van der Waals surface area contributed by atoms with E-state index in [1.807, 2.05) is 6.92 Å². The summed E-state index contributed by atoms with van der Waals surface area (Å²) in [6.45, 7) is 4.90. The maximum absolute atomic E-state index is 13.5. The summed E-state index contributed by atoms with van der Waals surface area (Å²) in [7, 11) is 0. The highest BCUT2D eigenvalue weighted by Gasteiger charge is 2.40. The lowest BCUT2D eigenvalue weighted by Crippen LogP contribution is -2.47. The summed E-state index contributed by atoms with van der Waals surface area (Å²) in [4.78, 5) is 27.5. The fourth-order valence-corrected chi connectivity index (χ4v) is 3.57. The van der Waals surface area contributed by atoms with E-state index in [1.54, 1.807) is 9.80 Å². The number of hydrogen-bond acceptors (Lipinski definition) is 8. The summed E-state index contributed by atoms with van der Waals surface area (Å²) in [6, 6.07) is 0.0117. The Kier molecular flexibility index (Phi) is 5.53. The van der Waals surface area contributed by atoms with Gasteiger partial charge in [0.25, 0.3) is 0 Å². The van der Waals surface area contributed by atoms with E-state index >= 15 is 0 Å². The van der Waals surface area contributed by atoms with Gasteiger partial charge in [-0.3, -0.25) is 4.79 Å². The molecule has 1 atom stereocenters. The van der Waals surface area contributed by atoms with Crippen LogP contribution in [0.3, 0.4) is 0 Å². The van der Waals surface area contributed by atoms with Crippen molar-refractivity contribution in [1.29, 1.82) is 0 Å². The molecule has 1 amide bonds. The van der Waals surface area contributed by atoms with Crippen molar-refractivity contribution < 1.29 is 22.5 Å². The maximum atomic E-state index is 13.5. The Balaban J connectivity index is 1.63. The Morgan fingerprint density at radius 3 is 2.57 bits per heavy atom. The number of anilines is 1. The minimum atomic E-state index is -4.78. The fraction of sp³-hybridized carbons (Fsp3) is 0.588. The molecule has 2 aromatic heterocycles. The molecular formula is C17H19ClF3N7O2.